The maximum Gasteiger partial charge on any atom is 0.244 e. The fourth-order valence-electron chi connectivity index (χ4n) is 2.15. The highest BCUT2D eigenvalue weighted by Crippen LogP contribution is 2.35. The fraction of sp³-hybridized carbons (Fsp3) is 0.250. The lowest BCUT2D eigenvalue weighted by molar-refractivity contribution is 0.390. The van der Waals surface area contributed by atoms with Crippen molar-refractivity contribution in [1.82, 2.24) is 4.72 Å². The standard InChI is InChI=1S/C16H18BrNO4S/c1-11(12-7-5-4-6-8-12)18-23(19,20)16-10-14(21-2)13(17)9-15(16)22-3/h4-11,18H,1-3H3/t11-/m0/s1. The van der Waals surface area contributed by atoms with Crippen molar-refractivity contribution >= 4 is 26.0 Å². The second kappa shape index (κ2) is 7.33. The Balaban J connectivity index is 2.39. The molecule has 0 aliphatic rings. The number of benzene rings is 2. The summed E-state index contributed by atoms with van der Waals surface area (Å²) in [5.41, 5.74) is 0.874. The van der Waals surface area contributed by atoms with Crippen molar-refractivity contribution in [2.45, 2.75) is 17.9 Å². The monoisotopic (exact) mass is 399 g/mol. The summed E-state index contributed by atoms with van der Waals surface area (Å²) >= 11 is 3.32. The Morgan fingerprint density at radius 1 is 1.04 bits per heavy atom. The van der Waals surface area contributed by atoms with E-state index in [1.165, 1.54) is 20.3 Å². The lowest BCUT2D eigenvalue weighted by Gasteiger charge is -2.17. The van der Waals surface area contributed by atoms with Crippen LogP contribution in [0.3, 0.4) is 0 Å². The second-order valence-corrected chi connectivity index (χ2v) is 7.43. The molecular formula is C16H18BrNO4S. The first-order valence-corrected chi connectivity index (χ1v) is 9.15. The third-order valence-corrected chi connectivity index (χ3v) is 5.54. The van der Waals surface area contributed by atoms with E-state index in [1.54, 1.807) is 13.0 Å². The minimum Gasteiger partial charge on any atom is -0.496 e. The predicted octanol–water partition coefficient (Wildman–Crippen LogP) is 3.51. The molecule has 0 saturated carbocycles. The fourth-order valence-corrected chi connectivity index (χ4v) is 4.03. The minimum atomic E-state index is -3.78. The normalized spacial score (nSPS) is 12.7. The Morgan fingerprint density at radius 3 is 2.22 bits per heavy atom. The molecular weight excluding hydrogens is 382 g/mol. The lowest BCUT2D eigenvalue weighted by atomic mass is 10.1. The molecule has 0 bridgehead atoms. The Labute approximate surface area is 144 Å². The molecule has 0 radical (unpaired) electrons. The van der Waals surface area contributed by atoms with Gasteiger partial charge in [0.1, 0.15) is 16.4 Å². The first-order valence-electron chi connectivity index (χ1n) is 6.88. The Hall–Kier alpha value is -1.57. The molecule has 7 heteroatoms. The molecule has 0 spiro atoms. The smallest absolute Gasteiger partial charge is 0.244 e. The third kappa shape index (κ3) is 4.04. The molecule has 0 heterocycles. The summed E-state index contributed by atoms with van der Waals surface area (Å²) in [5.74, 6) is 0.656. The first kappa shape index (κ1) is 17.8. The zero-order valence-corrected chi connectivity index (χ0v) is 15.4. The van der Waals surface area contributed by atoms with Gasteiger partial charge in [-0.15, -0.1) is 0 Å². The molecule has 5 nitrogen and oxygen atoms in total. The predicted molar refractivity (Wildman–Crippen MR) is 92.4 cm³/mol. The van der Waals surface area contributed by atoms with Crippen LogP contribution in [-0.4, -0.2) is 22.6 Å². The zero-order chi connectivity index (χ0) is 17.0. The van der Waals surface area contributed by atoms with Gasteiger partial charge < -0.3 is 9.47 Å². The molecule has 0 aliphatic heterocycles. The summed E-state index contributed by atoms with van der Waals surface area (Å²) in [7, 11) is -0.876. The Bertz CT molecular complexity index is 778. The molecule has 0 aliphatic carbocycles. The number of methoxy groups -OCH3 is 2. The van der Waals surface area contributed by atoms with Crippen molar-refractivity contribution in [2.75, 3.05) is 14.2 Å². The van der Waals surface area contributed by atoms with Crippen LogP contribution in [0.4, 0.5) is 0 Å². The highest BCUT2D eigenvalue weighted by atomic mass is 79.9. The highest BCUT2D eigenvalue weighted by Gasteiger charge is 2.24. The number of hydrogen-bond donors (Lipinski definition) is 1. The van der Waals surface area contributed by atoms with Crippen LogP contribution >= 0.6 is 15.9 Å². The summed E-state index contributed by atoms with van der Waals surface area (Å²) in [6.45, 7) is 1.79. The van der Waals surface area contributed by atoms with E-state index in [-0.39, 0.29) is 16.7 Å². The number of sulfonamides is 1. The van der Waals surface area contributed by atoms with E-state index >= 15 is 0 Å². The van der Waals surface area contributed by atoms with Crippen LogP contribution in [0.25, 0.3) is 0 Å². The van der Waals surface area contributed by atoms with Gasteiger partial charge in [-0.05, 0) is 34.5 Å². The van der Waals surface area contributed by atoms with Gasteiger partial charge in [0.15, 0.2) is 0 Å². The molecule has 2 aromatic carbocycles. The van der Waals surface area contributed by atoms with Gasteiger partial charge in [0.25, 0.3) is 0 Å². The summed E-state index contributed by atoms with van der Waals surface area (Å²) in [6, 6.07) is 12.0. The van der Waals surface area contributed by atoms with Gasteiger partial charge in [-0.1, -0.05) is 30.3 Å². The van der Waals surface area contributed by atoms with Crippen molar-refractivity contribution < 1.29 is 17.9 Å². The second-order valence-electron chi connectivity index (χ2n) is 4.89. The summed E-state index contributed by atoms with van der Waals surface area (Å²) in [5, 5.41) is 0. The molecule has 0 amide bonds. The Morgan fingerprint density at radius 2 is 1.65 bits per heavy atom. The van der Waals surface area contributed by atoms with E-state index in [1.807, 2.05) is 30.3 Å². The molecule has 0 saturated heterocycles. The quantitative estimate of drug-likeness (QED) is 0.806. The van der Waals surface area contributed by atoms with Crippen molar-refractivity contribution in [3.8, 4) is 11.5 Å². The van der Waals surface area contributed by atoms with Crippen molar-refractivity contribution in [2.24, 2.45) is 0 Å². The number of ether oxygens (including phenoxy) is 2. The topological polar surface area (TPSA) is 64.6 Å². The molecule has 2 aromatic rings. The van der Waals surface area contributed by atoms with Gasteiger partial charge in [0, 0.05) is 12.1 Å². The van der Waals surface area contributed by atoms with Crippen molar-refractivity contribution in [3.05, 3.63) is 52.5 Å². The SMILES string of the molecule is COc1cc(S(=O)(=O)N[C@@H](C)c2ccccc2)c(OC)cc1Br. The van der Waals surface area contributed by atoms with E-state index in [0.29, 0.717) is 10.2 Å². The molecule has 1 N–H and O–H groups in total. The van der Waals surface area contributed by atoms with Crippen LogP contribution in [0.1, 0.15) is 18.5 Å². The summed E-state index contributed by atoms with van der Waals surface area (Å²) in [6.07, 6.45) is 0. The molecule has 0 unspecified atom stereocenters. The average molecular weight is 400 g/mol. The number of rotatable bonds is 6. The molecule has 2 rings (SSSR count). The van der Waals surface area contributed by atoms with E-state index < -0.39 is 10.0 Å². The van der Waals surface area contributed by atoms with Gasteiger partial charge in [0.2, 0.25) is 10.0 Å². The number of nitrogens with one attached hydrogen (secondary N) is 1. The van der Waals surface area contributed by atoms with E-state index in [2.05, 4.69) is 20.7 Å². The minimum absolute atomic E-state index is 0.0304. The van der Waals surface area contributed by atoms with Crippen LogP contribution < -0.4 is 14.2 Å². The van der Waals surface area contributed by atoms with Crippen LogP contribution in [0.5, 0.6) is 11.5 Å². The van der Waals surface area contributed by atoms with Gasteiger partial charge in [-0.2, -0.15) is 0 Å². The van der Waals surface area contributed by atoms with Crippen LogP contribution in [-0.2, 0) is 10.0 Å². The molecule has 124 valence electrons. The van der Waals surface area contributed by atoms with Gasteiger partial charge in [-0.3, -0.25) is 0 Å². The molecule has 1 atom stereocenters. The maximum atomic E-state index is 12.7. The zero-order valence-electron chi connectivity index (χ0n) is 13.0. The molecule has 23 heavy (non-hydrogen) atoms. The molecule has 0 aromatic heterocycles. The maximum absolute atomic E-state index is 12.7. The summed E-state index contributed by atoms with van der Waals surface area (Å²) < 4.78 is 39.1. The van der Waals surface area contributed by atoms with Crippen molar-refractivity contribution in [1.29, 1.82) is 0 Å². The average Bonchev–Trinajstić information content (AvgIpc) is 2.54. The number of hydrogen-bond acceptors (Lipinski definition) is 4. The Kier molecular flexibility index (Phi) is 5.67. The van der Waals surface area contributed by atoms with Gasteiger partial charge in [-0.25, -0.2) is 13.1 Å². The lowest BCUT2D eigenvalue weighted by Crippen LogP contribution is -2.27. The van der Waals surface area contributed by atoms with Crippen LogP contribution in [0.15, 0.2) is 51.8 Å². The number of halogens is 1. The van der Waals surface area contributed by atoms with Gasteiger partial charge in [0.05, 0.1) is 18.7 Å². The highest BCUT2D eigenvalue weighted by molar-refractivity contribution is 9.10. The van der Waals surface area contributed by atoms with E-state index in [0.717, 1.165) is 5.56 Å². The summed E-state index contributed by atoms with van der Waals surface area (Å²) in [4.78, 5) is 0.0304. The van der Waals surface area contributed by atoms with Crippen LogP contribution in [0.2, 0.25) is 0 Å². The largest absolute Gasteiger partial charge is 0.496 e. The van der Waals surface area contributed by atoms with E-state index in [4.69, 9.17) is 9.47 Å². The first-order chi connectivity index (χ1) is 10.9. The molecule has 0 fully saturated rings. The van der Waals surface area contributed by atoms with E-state index in [9.17, 15) is 8.42 Å². The third-order valence-electron chi connectivity index (χ3n) is 3.36. The van der Waals surface area contributed by atoms with Crippen molar-refractivity contribution in [3.63, 3.8) is 0 Å². The van der Waals surface area contributed by atoms with Gasteiger partial charge >= 0.3 is 0 Å². The van der Waals surface area contributed by atoms with Crippen LogP contribution in [0, 0.1) is 0 Å².